The van der Waals surface area contributed by atoms with Crippen LogP contribution in [0.25, 0.3) is 0 Å². The van der Waals surface area contributed by atoms with Crippen LogP contribution < -0.4 is 4.74 Å². The third kappa shape index (κ3) is 7.16. The molecule has 0 saturated heterocycles. The van der Waals surface area contributed by atoms with Gasteiger partial charge in [0.25, 0.3) is 0 Å². The Bertz CT molecular complexity index is 526. The standard InChI is InChI=1S/C15H16Cl2O4/c1-2-3-4-9-20-14(18)7-8-15(19)21-13-10-11(16)5-6-12(13)17/h5-8,10H,2-4,9H2,1H3/b8-7+. The molecule has 0 radical (unpaired) electrons. The molecule has 21 heavy (non-hydrogen) atoms. The molecule has 1 aromatic rings. The summed E-state index contributed by atoms with van der Waals surface area (Å²) in [6, 6.07) is 4.50. The molecule has 0 unspecified atom stereocenters. The van der Waals surface area contributed by atoms with E-state index < -0.39 is 11.9 Å². The summed E-state index contributed by atoms with van der Waals surface area (Å²) in [7, 11) is 0. The molecule has 4 nitrogen and oxygen atoms in total. The summed E-state index contributed by atoms with van der Waals surface area (Å²) in [6.07, 6.45) is 4.84. The SMILES string of the molecule is CCCCCOC(=O)/C=C/C(=O)Oc1cc(Cl)ccc1Cl. The van der Waals surface area contributed by atoms with E-state index >= 15 is 0 Å². The van der Waals surface area contributed by atoms with Gasteiger partial charge in [0.2, 0.25) is 0 Å². The van der Waals surface area contributed by atoms with Gasteiger partial charge in [-0.3, -0.25) is 0 Å². The Hall–Kier alpha value is -1.52. The van der Waals surface area contributed by atoms with Crippen molar-refractivity contribution in [2.75, 3.05) is 6.61 Å². The predicted molar refractivity (Wildman–Crippen MR) is 81.7 cm³/mol. The number of hydrogen-bond donors (Lipinski definition) is 0. The van der Waals surface area contributed by atoms with Crippen molar-refractivity contribution in [2.45, 2.75) is 26.2 Å². The normalized spacial score (nSPS) is 10.6. The van der Waals surface area contributed by atoms with Crippen molar-refractivity contribution in [2.24, 2.45) is 0 Å². The lowest BCUT2D eigenvalue weighted by molar-refractivity contribution is -0.138. The fourth-order valence-corrected chi connectivity index (χ4v) is 1.73. The highest BCUT2D eigenvalue weighted by Crippen LogP contribution is 2.27. The monoisotopic (exact) mass is 330 g/mol. The molecule has 0 atom stereocenters. The predicted octanol–water partition coefficient (Wildman–Crippen LogP) is 4.19. The first-order chi connectivity index (χ1) is 10.0. The molecule has 0 amide bonds. The average molecular weight is 331 g/mol. The third-order valence-corrected chi connectivity index (χ3v) is 3.00. The van der Waals surface area contributed by atoms with Gasteiger partial charge in [-0.15, -0.1) is 0 Å². The van der Waals surface area contributed by atoms with Gasteiger partial charge in [-0.1, -0.05) is 43.0 Å². The minimum absolute atomic E-state index is 0.134. The maximum Gasteiger partial charge on any atom is 0.336 e. The van der Waals surface area contributed by atoms with E-state index in [0.717, 1.165) is 31.4 Å². The van der Waals surface area contributed by atoms with Crippen LogP contribution in [0.5, 0.6) is 5.75 Å². The van der Waals surface area contributed by atoms with Gasteiger partial charge in [-0.2, -0.15) is 0 Å². The molecule has 0 spiro atoms. The number of halogens is 2. The van der Waals surface area contributed by atoms with Crippen molar-refractivity contribution in [1.82, 2.24) is 0 Å². The van der Waals surface area contributed by atoms with Crippen LogP contribution in [0.15, 0.2) is 30.4 Å². The molecular formula is C15H16Cl2O4. The second-order valence-electron chi connectivity index (χ2n) is 4.20. The number of benzene rings is 1. The highest BCUT2D eigenvalue weighted by Gasteiger charge is 2.07. The summed E-state index contributed by atoms with van der Waals surface area (Å²) in [5, 5.41) is 0.643. The molecule has 0 heterocycles. The zero-order valence-corrected chi connectivity index (χ0v) is 13.1. The minimum atomic E-state index is -0.732. The first-order valence-electron chi connectivity index (χ1n) is 6.54. The fraction of sp³-hybridized carbons (Fsp3) is 0.333. The van der Waals surface area contributed by atoms with E-state index in [1.807, 2.05) is 0 Å². The Morgan fingerprint density at radius 2 is 1.86 bits per heavy atom. The van der Waals surface area contributed by atoms with E-state index in [0.29, 0.717) is 11.6 Å². The smallest absolute Gasteiger partial charge is 0.336 e. The molecule has 0 fully saturated rings. The molecule has 1 aromatic carbocycles. The summed E-state index contributed by atoms with van der Waals surface area (Å²) in [4.78, 5) is 22.9. The van der Waals surface area contributed by atoms with Crippen molar-refractivity contribution < 1.29 is 19.1 Å². The maximum absolute atomic E-state index is 11.5. The summed E-state index contributed by atoms with van der Waals surface area (Å²) >= 11 is 11.6. The Kier molecular flexibility index (Phi) is 7.87. The second kappa shape index (κ2) is 9.42. The molecule has 0 N–H and O–H groups in total. The molecule has 0 aliphatic rings. The van der Waals surface area contributed by atoms with Gasteiger partial charge in [0, 0.05) is 23.2 Å². The van der Waals surface area contributed by atoms with E-state index in [2.05, 4.69) is 6.92 Å². The number of rotatable bonds is 7. The van der Waals surface area contributed by atoms with Gasteiger partial charge in [0.1, 0.15) is 0 Å². The zero-order chi connectivity index (χ0) is 15.7. The van der Waals surface area contributed by atoms with Crippen LogP contribution in [0.2, 0.25) is 10.0 Å². The number of hydrogen-bond acceptors (Lipinski definition) is 4. The molecule has 0 aliphatic heterocycles. The first kappa shape index (κ1) is 17.5. The summed E-state index contributed by atoms with van der Waals surface area (Å²) in [5.41, 5.74) is 0. The number of unbranched alkanes of at least 4 members (excludes halogenated alkanes) is 2. The van der Waals surface area contributed by atoms with Crippen molar-refractivity contribution in [3.05, 3.63) is 40.4 Å². The van der Waals surface area contributed by atoms with Gasteiger partial charge in [-0.05, 0) is 18.6 Å². The van der Waals surface area contributed by atoms with Gasteiger partial charge in [0.15, 0.2) is 5.75 Å². The quantitative estimate of drug-likeness (QED) is 0.325. The van der Waals surface area contributed by atoms with Crippen molar-refractivity contribution in [1.29, 1.82) is 0 Å². The van der Waals surface area contributed by atoms with Gasteiger partial charge in [0.05, 0.1) is 11.6 Å². The highest BCUT2D eigenvalue weighted by atomic mass is 35.5. The number of ether oxygens (including phenoxy) is 2. The summed E-state index contributed by atoms with van der Waals surface area (Å²) < 4.78 is 9.88. The highest BCUT2D eigenvalue weighted by molar-refractivity contribution is 6.34. The summed E-state index contributed by atoms with van der Waals surface area (Å²) in [5.74, 6) is -1.18. The molecule has 6 heteroatoms. The van der Waals surface area contributed by atoms with E-state index in [-0.39, 0.29) is 10.8 Å². The fourth-order valence-electron chi connectivity index (χ4n) is 1.41. The third-order valence-electron chi connectivity index (χ3n) is 2.45. The Morgan fingerprint density at radius 1 is 1.14 bits per heavy atom. The lowest BCUT2D eigenvalue weighted by atomic mass is 10.3. The molecular weight excluding hydrogens is 315 g/mol. The molecule has 0 bridgehead atoms. The van der Waals surface area contributed by atoms with Crippen LogP contribution >= 0.6 is 23.2 Å². The largest absolute Gasteiger partial charge is 0.463 e. The Labute approximate surface area is 133 Å². The van der Waals surface area contributed by atoms with Crippen molar-refractivity contribution in [3.63, 3.8) is 0 Å². The first-order valence-corrected chi connectivity index (χ1v) is 7.30. The number of carbonyl (C=O) groups is 2. The molecule has 114 valence electrons. The second-order valence-corrected chi connectivity index (χ2v) is 5.05. The van der Waals surface area contributed by atoms with Crippen LogP contribution in [0, 0.1) is 0 Å². The van der Waals surface area contributed by atoms with E-state index in [9.17, 15) is 9.59 Å². The topological polar surface area (TPSA) is 52.6 Å². The van der Waals surface area contributed by atoms with E-state index in [1.165, 1.54) is 12.1 Å². The van der Waals surface area contributed by atoms with Crippen LogP contribution in [-0.2, 0) is 14.3 Å². The zero-order valence-electron chi connectivity index (χ0n) is 11.6. The number of esters is 2. The number of carbonyl (C=O) groups excluding carboxylic acids is 2. The average Bonchev–Trinajstić information content (AvgIpc) is 2.45. The van der Waals surface area contributed by atoms with Crippen molar-refractivity contribution in [3.8, 4) is 5.75 Å². The lowest BCUT2D eigenvalue weighted by Crippen LogP contribution is -2.07. The summed E-state index contributed by atoms with van der Waals surface area (Å²) in [6.45, 7) is 2.39. The van der Waals surface area contributed by atoms with E-state index in [1.54, 1.807) is 6.07 Å². The molecule has 0 aromatic heterocycles. The minimum Gasteiger partial charge on any atom is -0.463 e. The van der Waals surface area contributed by atoms with Crippen LogP contribution in [0.4, 0.5) is 0 Å². The Morgan fingerprint density at radius 3 is 2.57 bits per heavy atom. The molecule has 1 rings (SSSR count). The van der Waals surface area contributed by atoms with Gasteiger partial charge < -0.3 is 9.47 Å². The van der Waals surface area contributed by atoms with Crippen LogP contribution in [-0.4, -0.2) is 18.5 Å². The van der Waals surface area contributed by atoms with Crippen LogP contribution in [0.3, 0.4) is 0 Å². The van der Waals surface area contributed by atoms with Gasteiger partial charge in [-0.25, -0.2) is 9.59 Å². The molecule has 0 saturated carbocycles. The van der Waals surface area contributed by atoms with Gasteiger partial charge >= 0.3 is 11.9 Å². The lowest BCUT2D eigenvalue weighted by Gasteiger charge is -2.04. The van der Waals surface area contributed by atoms with Crippen molar-refractivity contribution >= 4 is 35.1 Å². The maximum atomic E-state index is 11.5. The Balaban J connectivity index is 2.44. The van der Waals surface area contributed by atoms with E-state index in [4.69, 9.17) is 32.7 Å². The van der Waals surface area contributed by atoms with Crippen LogP contribution in [0.1, 0.15) is 26.2 Å². The molecule has 0 aliphatic carbocycles.